The van der Waals surface area contributed by atoms with E-state index in [2.05, 4.69) is 0 Å². The average molecular weight is 246 g/mol. The van der Waals surface area contributed by atoms with E-state index >= 15 is 0 Å². The van der Waals surface area contributed by atoms with Crippen molar-refractivity contribution in [3.63, 3.8) is 0 Å². The van der Waals surface area contributed by atoms with Gasteiger partial charge in [0.25, 0.3) is 0 Å². The van der Waals surface area contributed by atoms with Gasteiger partial charge in [-0.25, -0.2) is 0 Å². The van der Waals surface area contributed by atoms with E-state index in [9.17, 15) is 5.11 Å². The second-order valence-corrected chi connectivity index (χ2v) is 3.88. The number of rotatable bonds is 3. The Bertz CT molecular complexity index is 410. The van der Waals surface area contributed by atoms with E-state index in [0.29, 0.717) is 23.5 Å². The fourth-order valence-electron chi connectivity index (χ4n) is 1.65. The number of phenols is 1. The van der Waals surface area contributed by atoms with E-state index in [1.807, 2.05) is 0 Å². The Morgan fingerprint density at radius 1 is 1.50 bits per heavy atom. The zero-order valence-electron chi connectivity index (χ0n) is 8.44. The van der Waals surface area contributed by atoms with Crippen molar-refractivity contribution in [2.45, 2.75) is 12.5 Å². The molecule has 0 radical (unpaired) electrons. The molecule has 0 bridgehead atoms. The predicted octanol–water partition coefficient (Wildman–Crippen LogP) is 1.16. The minimum atomic E-state index is -0.542. The number of halogens is 1. The molecule has 5 nitrogen and oxygen atoms in total. The minimum Gasteiger partial charge on any atom is -0.506 e. The molecule has 0 aromatic heterocycles. The van der Waals surface area contributed by atoms with Crippen LogP contribution in [0.4, 0.5) is 0 Å². The molecule has 4 N–H and O–H groups in total. The first kappa shape index (κ1) is 11.3. The Balaban J connectivity index is 2.49. The van der Waals surface area contributed by atoms with Gasteiger partial charge in [0, 0.05) is 18.7 Å². The molecular formula is C10H12ClNO4. The Hall–Kier alpha value is -1.17. The lowest BCUT2D eigenvalue weighted by Crippen LogP contribution is -2.13. The number of aromatic hydroxyl groups is 1. The lowest BCUT2D eigenvalue weighted by molar-refractivity contribution is 0.172. The second-order valence-electron chi connectivity index (χ2n) is 3.47. The van der Waals surface area contributed by atoms with Crippen LogP contribution in [0.2, 0.25) is 5.02 Å². The molecule has 1 aliphatic heterocycles. The van der Waals surface area contributed by atoms with E-state index in [-0.39, 0.29) is 24.2 Å². The molecule has 0 fully saturated rings. The van der Waals surface area contributed by atoms with Gasteiger partial charge in [-0.15, -0.1) is 0 Å². The number of aliphatic hydroxyl groups is 1. The Morgan fingerprint density at radius 2 is 2.25 bits per heavy atom. The molecule has 0 saturated carbocycles. The molecule has 1 atom stereocenters. The summed E-state index contributed by atoms with van der Waals surface area (Å²) in [4.78, 5) is 0. The van der Waals surface area contributed by atoms with Crippen molar-refractivity contribution >= 4 is 11.6 Å². The van der Waals surface area contributed by atoms with Crippen LogP contribution in [0, 0.1) is 0 Å². The Morgan fingerprint density at radius 3 is 2.94 bits per heavy atom. The highest BCUT2D eigenvalue weighted by Gasteiger charge is 2.27. The summed E-state index contributed by atoms with van der Waals surface area (Å²) in [7, 11) is 0. The third-order valence-electron chi connectivity index (χ3n) is 2.44. The van der Waals surface area contributed by atoms with Crippen molar-refractivity contribution in [1.82, 2.24) is 0 Å². The number of hydrogen-bond donors (Lipinski definition) is 3. The quantitative estimate of drug-likeness (QED) is 0.744. The number of aliphatic hydroxyl groups excluding tert-OH is 1. The van der Waals surface area contributed by atoms with Gasteiger partial charge in [-0.2, -0.15) is 0 Å². The normalized spacial score (nSPS) is 15.2. The smallest absolute Gasteiger partial charge is 0.231 e. The van der Waals surface area contributed by atoms with Crippen molar-refractivity contribution in [1.29, 1.82) is 0 Å². The molecule has 88 valence electrons. The van der Waals surface area contributed by atoms with Gasteiger partial charge in [0.1, 0.15) is 5.75 Å². The van der Waals surface area contributed by atoms with Gasteiger partial charge in [-0.1, -0.05) is 11.6 Å². The zero-order chi connectivity index (χ0) is 11.7. The summed E-state index contributed by atoms with van der Waals surface area (Å²) in [5.74, 6) is 0.751. The summed E-state index contributed by atoms with van der Waals surface area (Å²) in [6.45, 7) is -0.00326. The minimum absolute atomic E-state index is 0.0773. The van der Waals surface area contributed by atoms with Gasteiger partial charge in [-0.3, -0.25) is 0 Å². The number of hydrogen-bond acceptors (Lipinski definition) is 5. The fourth-order valence-corrected chi connectivity index (χ4v) is 1.85. The van der Waals surface area contributed by atoms with Gasteiger partial charge >= 0.3 is 0 Å². The van der Waals surface area contributed by atoms with Crippen LogP contribution in [-0.4, -0.2) is 23.6 Å². The van der Waals surface area contributed by atoms with E-state index in [0.717, 1.165) is 0 Å². The average Bonchev–Trinajstić information content (AvgIpc) is 2.67. The fraction of sp³-hybridized carbons (Fsp3) is 0.400. The molecule has 1 aromatic carbocycles. The maximum absolute atomic E-state index is 9.83. The van der Waals surface area contributed by atoms with Crippen molar-refractivity contribution in [3.8, 4) is 17.2 Å². The molecule has 1 aromatic rings. The molecular weight excluding hydrogens is 234 g/mol. The predicted molar refractivity (Wildman–Crippen MR) is 57.9 cm³/mol. The maximum Gasteiger partial charge on any atom is 0.231 e. The summed E-state index contributed by atoms with van der Waals surface area (Å²) >= 11 is 5.84. The van der Waals surface area contributed by atoms with Crippen molar-refractivity contribution < 1.29 is 19.7 Å². The maximum atomic E-state index is 9.83. The Labute approximate surface area is 97.3 Å². The molecule has 0 spiro atoms. The molecule has 1 heterocycles. The summed E-state index contributed by atoms with van der Waals surface area (Å²) in [5, 5.41) is 18.8. The summed E-state index contributed by atoms with van der Waals surface area (Å²) < 4.78 is 10.4. The third kappa shape index (κ3) is 1.77. The molecule has 1 unspecified atom stereocenters. The molecule has 2 rings (SSSR count). The van der Waals surface area contributed by atoms with Crippen LogP contribution in [-0.2, 0) is 0 Å². The van der Waals surface area contributed by atoms with Crippen molar-refractivity contribution in [2.24, 2.45) is 5.73 Å². The van der Waals surface area contributed by atoms with Gasteiger partial charge in [0.05, 0.1) is 10.6 Å². The lowest BCUT2D eigenvalue weighted by atomic mass is 10.0. The van der Waals surface area contributed by atoms with Gasteiger partial charge in [0.2, 0.25) is 6.79 Å². The number of ether oxygens (including phenoxy) is 2. The molecule has 0 amide bonds. The van der Waals surface area contributed by atoms with Crippen LogP contribution < -0.4 is 15.2 Å². The molecule has 0 saturated heterocycles. The van der Waals surface area contributed by atoms with Crippen LogP contribution in [0.25, 0.3) is 0 Å². The third-order valence-corrected chi connectivity index (χ3v) is 2.72. The first-order valence-electron chi connectivity index (χ1n) is 4.82. The highest BCUT2D eigenvalue weighted by molar-refractivity contribution is 6.32. The molecule has 1 aliphatic rings. The highest BCUT2D eigenvalue weighted by Crippen LogP contribution is 2.47. The zero-order valence-corrected chi connectivity index (χ0v) is 9.20. The SMILES string of the molecule is NC(CCO)c1c(O)c(Cl)cc2c1OCO2. The molecule has 0 aliphatic carbocycles. The van der Waals surface area contributed by atoms with Crippen LogP contribution in [0.3, 0.4) is 0 Å². The summed E-state index contributed by atoms with van der Waals surface area (Å²) in [6.07, 6.45) is 0.309. The standard InChI is InChI=1S/C10H12ClNO4/c11-5-3-7-10(16-4-15-7)8(9(5)14)6(12)1-2-13/h3,6,13-14H,1-2,4,12H2. The van der Waals surface area contributed by atoms with Crippen LogP contribution in [0.1, 0.15) is 18.0 Å². The second kappa shape index (κ2) is 4.37. The number of fused-ring (bicyclic) bond motifs is 1. The summed E-state index contributed by atoms with van der Waals surface area (Å²) in [5.41, 5.74) is 6.22. The van der Waals surface area contributed by atoms with Crippen LogP contribution in [0.15, 0.2) is 6.07 Å². The topological polar surface area (TPSA) is 84.9 Å². The van der Waals surface area contributed by atoms with Gasteiger partial charge in [-0.05, 0) is 6.42 Å². The summed E-state index contributed by atoms with van der Waals surface area (Å²) in [6, 6.07) is 0.938. The van der Waals surface area contributed by atoms with E-state index < -0.39 is 6.04 Å². The lowest BCUT2D eigenvalue weighted by Gasteiger charge is -2.15. The van der Waals surface area contributed by atoms with E-state index in [1.54, 1.807) is 0 Å². The molecule has 16 heavy (non-hydrogen) atoms. The first-order valence-corrected chi connectivity index (χ1v) is 5.20. The number of phenolic OH excluding ortho intramolecular Hbond substituents is 1. The largest absolute Gasteiger partial charge is 0.506 e. The van der Waals surface area contributed by atoms with Crippen molar-refractivity contribution in [3.05, 3.63) is 16.7 Å². The monoisotopic (exact) mass is 245 g/mol. The van der Waals surface area contributed by atoms with E-state index in [4.69, 9.17) is 31.9 Å². The molecule has 6 heteroatoms. The highest BCUT2D eigenvalue weighted by atomic mass is 35.5. The van der Waals surface area contributed by atoms with Crippen molar-refractivity contribution in [2.75, 3.05) is 13.4 Å². The first-order chi connectivity index (χ1) is 7.65. The number of nitrogens with two attached hydrogens (primary N) is 1. The van der Waals surface area contributed by atoms with E-state index in [1.165, 1.54) is 6.07 Å². The van der Waals surface area contributed by atoms with Gasteiger partial charge in [0.15, 0.2) is 11.5 Å². The van der Waals surface area contributed by atoms with Crippen LogP contribution >= 0.6 is 11.6 Å². The van der Waals surface area contributed by atoms with Crippen LogP contribution in [0.5, 0.6) is 17.2 Å². The van der Waals surface area contributed by atoms with Gasteiger partial charge < -0.3 is 25.4 Å². The number of benzene rings is 1. The Kier molecular flexibility index (Phi) is 3.09.